The van der Waals surface area contributed by atoms with Crippen molar-refractivity contribution in [3.8, 4) is 0 Å². The molecule has 0 spiro atoms. The number of hydrogen-bond donors (Lipinski definition) is 2. The van der Waals surface area contributed by atoms with Crippen LogP contribution in [0.1, 0.15) is 33.1 Å². The van der Waals surface area contributed by atoms with Crippen molar-refractivity contribution >= 4 is 17.7 Å². The van der Waals surface area contributed by atoms with Gasteiger partial charge in [0.25, 0.3) is 0 Å². The molecule has 0 aromatic carbocycles. The Kier molecular flexibility index (Phi) is 6.30. The van der Waals surface area contributed by atoms with Crippen LogP contribution in [0.5, 0.6) is 0 Å². The first-order chi connectivity index (χ1) is 8.08. The van der Waals surface area contributed by atoms with E-state index in [0.29, 0.717) is 5.25 Å². The smallest absolute Gasteiger partial charge is 0.237 e. The van der Waals surface area contributed by atoms with Gasteiger partial charge in [-0.1, -0.05) is 6.92 Å². The molecule has 1 saturated heterocycles. The normalized spacial score (nSPS) is 19.6. The molecule has 1 fully saturated rings. The lowest BCUT2D eigenvalue weighted by molar-refractivity contribution is -0.124. The highest BCUT2D eigenvalue weighted by Crippen LogP contribution is 2.22. The number of hydrogen-bond acceptors (Lipinski definition) is 4. The van der Waals surface area contributed by atoms with E-state index in [0.717, 1.165) is 44.8 Å². The highest BCUT2D eigenvalue weighted by Gasteiger charge is 2.29. The summed E-state index contributed by atoms with van der Waals surface area (Å²) in [5, 5.41) is 3.92. The Balaban J connectivity index is 2.20. The topological polar surface area (TPSA) is 64.3 Å². The molecule has 4 nitrogen and oxygen atoms in total. The Bertz CT molecular complexity index is 247. The lowest BCUT2D eigenvalue weighted by Gasteiger charge is -2.29. The van der Waals surface area contributed by atoms with E-state index in [-0.39, 0.29) is 5.91 Å². The van der Waals surface area contributed by atoms with Crippen molar-refractivity contribution in [2.24, 2.45) is 5.73 Å². The Morgan fingerprint density at radius 1 is 1.59 bits per heavy atom. The van der Waals surface area contributed by atoms with Crippen molar-refractivity contribution in [1.29, 1.82) is 0 Å². The van der Waals surface area contributed by atoms with Crippen molar-refractivity contribution < 1.29 is 9.53 Å². The Labute approximate surface area is 108 Å². The standard InChI is InChI=1S/C12H24N2O2S/c1-3-6-14-12(2,11(13)15)5-4-7-17-10-8-16-9-10/h10,14H,3-9H2,1-2H3,(H2,13,15). The summed E-state index contributed by atoms with van der Waals surface area (Å²) < 4.78 is 5.12. The molecule has 1 aliphatic rings. The zero-order valence-corrected chi connectivity index (χ0v) is 11.6. The van der Waals surface area contributed by atoms with E-state index < -0.39 is 5.54 Å². The van der Waals surface area contributed by atoms with Crippen molar-refractivity contribution in [3.05, 3.63) is 0 Å². The van der Waals surface area contributed by atoms with Crippen LogP contribution in [-0.2, 0) is 9.53 Å². The summed E-state index contributed by atoms with van der Waals surface area (Å²) in [7, 11) is 0. The molecule has 0 aromatic heterocycles. The maximum absolute atomic E-state index is 11.5. The Morgan fingerprint density at radius 2 is 2.29 bits per heavy atom. The van der Waals surface area contributed by atoms with Gasteiger partial charge in [-0.2, -0.15) is 11.8 Å². The van der Waals surface area contributed by atoms with Crippen LogP contribution in [0.15, 0.2) is 0 Å². The van der Waals surface area contributed by atoms with Crippen LogP contribution < -0.4 is 11.1 Å². The molecular weight excluding hydrogens is 236 g/mol. The summed E-state index contributed by atoms with van der Waals surface area (Å²) in [6.45, 7) is 6.59. The minimum absolute atomic E-state index is 0.247. The third-order valence-corrected chi connectivity index (χ3v) is 4.36. The summed E-state index contributed by atoms with van der Waals surface area (Å²) in [6.07, 6.45) is 2.83. The minimum atomic E-state index is -0.549. The van der Waals surface area contributed by atoms with Gasteiger partial charge in [0.1, 0.15) is 0 Å². The van der Waals surface area contributed by atoms with Crippen LogP contribution in [0.4, 0.5) is 0 Å². The first-order valence-electron chi connectivity index (χ1n) is 6.33. The number of rotatable bonds is 9. The number of amides is 1. The van der Waals surface area contributed by atoms with E-state index in [1.54, 1.807) is 0 Å². The molecule has 0 saturated carbocycles. The molecule has 0 bridgehead atoms. The Hall–Kier alpha value is -0.260. The highest BCUT2D eigenvalue weighted by molar-refractivity contribution is 8.00. The lowest BCUT2D eigenvalue weighted by atomic mass is 9.95. The van der Waals surface area contributed by atoms with Gasteiger partial charge < -0.3 is 15.8 Å². The quantitative estimate of drug-likeness (QED) is 0.610. The maximum Gasteiger partial charge on any atom is 0.237 e. The molecule has 17 heavy (non-hydrogen) atoms. The van der Waals surface area contributed by atoms with Crippen LogP contribution >= 0.6 is 11.8 Å². The van der Waals surface area contributed by atoms with Gasteiger partial charge in [0.15, 0.2) is 0 Å². The Morgan fingerprint density at radius 3 is 2.76 bits per heavy atom. The molecule has 1 heterocycles. The molecule has 100 valence electrons. The molecule has 0 radical (unpaired) electrons. The maximum atomic E-state index is 11.5. The van der Waals surface area contributed by atoms with Gasteiger partial charge >= 0.3 is 0 Å². The molecule has 5 heteroatoms. The molecule has 1 atom stereocenters. The van der Waals surface area contributed by atoms with Gasteiger partial charge in [-0.3, -0.25) is 4.79 Å². The predicted octanol–water partition coefficient (Wildman–Crippen LogP) is 1.14. The third kappa shape index (κ3) is 4.85. The molecule has 0 aromatic rings. The summed E-state index contributed by atoms with van der Waals surface area (Å²) in [6, 6.07) is 0. The molecule has 3 N–H and O–H groups in total. The molecule has 1 amide bonds. The van der Waals surface area contributed by atoms with Crippen molar-refractivity contribution in [2.75, 3.05) is 25.5 Å². The average Bonchev–Trinajstić information content (AvgIpc) is 2.23. The van der Waals surface area contributed by atoms with E-state index in [2.05, 4.69) is 12.2 Å². The van der Waals surface area contributed by atoms with E-state index in [9.17, 15) is 4.79 Å². The van der Waals surface area contributed by atoms with Crippen LogP contribution in [0, 0.1) is 0 Å². The van der Waals surface area contributed by atoms with Gasteiger partial charge in [0.05, 0.1) is 24.0 Å². The first-order valence-corrected chi connectivity index (χ1v) is 7.37. The van der Waals surface area contributed by atoms with Crippen LogP contribution in [0.3, 0.4) is 0 Å². The monoisotopic (exact) mass is 260 g/mol. The number of nitrogens with two attached hydrogens (primary N) is 1. The molecule has 1 aliphatic heterocycles. The summed E-state index contributed by atoms with van der Waals surface area (Å²) in [5.41, 5.74) is 4.91. The zero-order chi connectivity index (χ0) is 12.7. The molecule has 0 aliphatic carbocycles. The fourth-order valence-electron chi connectivity index (χ4n) is 1.69. The van der Waals surface area contributed by atoms with E-state index in [4.69, 9.17) is 10.5 Å². The van der Waals surface area contributed by atoms with Crippen molar-refractivity contribution in [1.82, 2.24) is 5.32 Å². The van der Waals surface area contributed by atoms with Crippen LogP contribution in [0.25, 0.3) is 0 Å². The van der Waals surface area contributed by atoms with Crippen LogP contribution in [-0.4, -0.2) is 42.2 Å². The second-order valence-corrected chi connectivity index (χ2v) is 6.17. The van der Waals surface area contributed by atoms with Gasteiger partial charge in [-0.25, -0.2) is 0 Å². The van der Waals surface area contributed by atoms with Gasteiger partial charge in [0, 0.05) is 0 Å². The summed E-state index contributed by atoms with van der Waals surface area (Å²) >= 11 is 1.93. The number of carbonyl (C=O) groups is 1. The first kappa shape index (κ1) is 14.8. The summed E-state index contributed by atoms with van der Waals surface area (Å²) in [4.78, 5) is 11.5. The molecular formula is C12H24N2O2S. The number of carbonyl (C=O) groups excluding carboxylic acids is 1. The van der Waals surface area contributed by atoms with Crippen molar-refractivity contribution in [3.63, 3.8) is 0 Å². The lowest BCUT2D eigenvalue weighted by Crippen LogP contribution is -2.53. The average molecular weight is 260 g/mol. The largest absolute Gasteiger partial charge is 0.379 e. The van der Waals surface area contributed by atoms with Crippen molar-refractivity contribution in [2.45, 2.75) is 43.9 Å². The highest BCUT2D eigenvalue weighted by atomic mass is 32.2. The number of ether oxygens (including phenoxy) is 1. The van der Waals surface area contributed by atoms with Gasteiger partial charge in [-0.15, -0.1) is 0 Å². The van der Waals surface area contributed by atoms with E-state index >= 15 is 0 Å². The number of nitrogens with one attached hydrogen (secondary N) is 1. The van der Waals surface area contributed by atoms with E-state index in [1.165, 1.54) is 0 Å². The second kappa shape index (κ2) is 7.24. The SMILES string of the molecule is CCCNC(C)(CCCSC1COC1)C(N)=O. The third-order valence-electron chi connectivity index (χ3n) is 3.09. The predicted molar refractivity (Wildman–Crippen MR) is 72.2 cm³/mol. The number of thioether (sulfide) groups is 1. The van der Waals surface area contributed by atoms with E-state index in [1.807, 2.05) is 18.7 Å². The van der Waals surface area contributed by atoms with Gasteiger partial charge in [-0.05, 0) is 38.5 Å². The molecule has 1 rings (SSSR count). The fourth-order valence-corrected chi connectivity index (χ4v) is 2.71. The number of primary amides is 1. The van der Waals surface area contributed by atoms with Crippen LogP contribution in [0.2, 0.25) is 0 Å². The molecule has 1 unspecified atom stereocenters. The summed E-state index contributed by atoms with van der Waals surface area (Å²) in [5.74, 6) is 0.827. The fraction of sp³-hybridized carbons (Fsp3) is 0.917. The minimum Gasteiger partial charge on any atom is -0.379 e. The second-order valence-electron chi connectivity index (χ2n) is 4.76. The van der Waals surface area contributed by atoms with Gasteiger partial charge in [0.2, 0.25) is 5.91 Å². The zero-order valence-electron chi connectivity index (χ0n) is 10.8.